The number of ether oxygens (including phenoxy) is 1. The minimum absolute atomic E-state index is 0.161. The van der Waals surface area contributed by atoms with Crippen molar-refractivity contribution in [2.45, 2.75) is 18.9 Å². The minimum atomic E-state index is 0.161. The van der Waals surface area contributed by atoms with Crippen molar-refractivity contribution in [2.75, 3.05) is 18.9 Å². The van der Waals surface area contributed by atoms with Crippen molar-refractivity contribution >= 4 is 17.3 Å². The van der Waals surface area contributed by atoms with Gasteiger partial charge in [-0.25, -0.2) is 4.68 Å². The third-order valence-corrected chi connectivity index (χ3v) is 3.46. The van der Waals surface area contributed by atoms with Crippen LogP contribution in [0.15, 0.2) is 18.2 Å². The van der Waals surface area contributed by atoms with E-state index in [1.54, 1.807) is 16.8 Å². The van der Waals surface area contributed by atoms with Gasteiger partial charge in [0.15, 0.2) is 5.82 Å². The van der Waals surface area contributed by atoms with Crippen LogP contribution in [0.3, 0.4) is 0 Å². The monoisotopic (exact) mass is 279 g/mol. The first kappa shape index (κ1) is 12.4. The van der Waals surface area contributed by atoms with Gasteiger partial charge in [-0.3, -0.25) is 0 Å². The Kier molecular flexibility index (Phi) is 3.35. The third-order valence-electron chi connectivity index (χ3n) is 3.23. The molecule has 3 rings (SSSR count). The Morgan fingerprint density at radius 1 is 1.42 bits per heavy atom. The quantitative estimate of drug-likeness (QED) is 0.850. The molecule has 0 bridgehead atoms. The normalized spacial score (nSPS) is 19.5. The maximum atomic E-state index is 5.99. The largest absolute Gasteiger partial charge is 0.398 e. The van der Waals surface area contributed by atoms with Crippen LogP contribution >= 0.6 is 11.6 Å². The zero-order valence-electron chi connectivity index (χ0n) is 10.3. The Morgan fingerprint density at radius 3 is 3.05 bits per heavy atom. The molecule has 2 heterocycles. The van der Waals surface area contributed by atoms with Gasteiger partial charge in [-0.05, 0) is 41.5 Å². The molecule has 100 valence electrons. The summed E-state index contributed by atoms with van der Waals surface area (Å²) >= 11 is 5.91. The molecule has 1 aliphatic rings. The van der Waals surface area contributed by atoms with Gasteiger partial charge in [-0.1, -0.05) is 11.6 Å². The molecule has 1 aliphatic heterocycles. The number of benzene rings is 1. The Morgan fingerprint density at radius 2 is 2.32 bits per heavy atom. The highest BCUT2D eigenvalue weighted by atomic mass is 35.5. The lowest BCUT2D eigenvalue weighted by Crippen LogP contribution is -2.23. The maximum Gasteiger partial charge on any atom is 0.184 e. The lowest BCUT2D eigenvalue weighted by Gasteiger charge is -2.22. The number of nitrogens with two attached hydrogens (primary N) is 1. The number of tetrazole rings is 1. The SMILES string of the molecule is Nc1cc(Cl)ccc1-c1nnnn1C1CCCOC1. The fraction of sp³-hybridized carbons (Fsp3) is 0.417. The van der Waals surface area contributed by atoms with Crippen molar-refractivity contribution in [3.05, 3.63) is 23.2 Å². The van der Waals surface area contributed by atoms with Crippen LogP contribution in [0.4, 0.5) is 5.69 Å². The van der Waals surface area contributed by atoms with E-state index in [1.807, 2.05) is 6.07 Å². The molecule has 2 aromatic rings. The van der Waals surface area contributed by atoms with E-state index in [0.29, 0.717) is 23.1 Å². The number of halogens is 1. The molecular weight excluding hydrogens is 266 g/mol. The first-order chi connectivity index (χ1) is 9.25. The Bertz CT molecular complexity index is 579. The van der Waals surface area contributed by atoms with Crippen LogP contribution in [0, 0.1) is 0 Å². The standard InChI is InChI=1S/C12H14ClN5O/c13-8-3-4-10(11(14)6-8)12-15-16-17-18(12)9-2-1-5-19-7-9/h3-4,6,9H,1-2,5,7,14H2. The second-order valence-corrected chi connectivity index (χ2v) is 4.99. The van der Waals surface area contributed by atoms with Crippen molar-refractivity contribution in [3.8, 4) is 11.4 Å². The number of aromatic nitrogens is 4. The first-order valence-corrected chi connectivity index (χ1v) is 6.54. The third kappa shape index (κ3) is 2.41. The molecule has 6 nitrogen and oxygen atoms in total. The first-order valence-electron chi connectivity index (χ1n) is 6.16. The van der Waals surface area contributed by atoms with Crippen molar-refractivity contribution in [1.82, 2.24) is 20.2 Å². The summed E-state index contributed by atoms with van der Waals surface area (Å²) in [4.78, 5) is 0. The molecule has 1 fully saturated rings. The summed E-state index contributed by atoms with van der Waals surface area (Å²) < 4.78 is 7.27. The van der Waals surface area contributed by atoms with Crippen LogP contribution in [0.5, 0.6) is 0 Å². The lowest BCUT2D eigenvalue weighted by atomic mass is 10.1. The maximum absolute atomic E-state index is 5.99. The average molecular weight is 280 g/mol. The van der Waals surface area contributed by atoms with E-state index in [4.69, 9.17) is 22.1 Å². The molecule has 0 radical (unpaired) electrons. The number of rotatable bonds is 2. The van der Waals surface area contributed by atoms with Crippen molar-refractivity contribution in [2.24, 2.45) is 0 Å². The van der Waals surface area contributed by atoms with Crippen LogP contribution in [0.1, 0.15) is 18.9 Å². The minimum Gasteiger partial charge on any atom is -0.398 e. The average Bonchev–Trinajstić information content (AvgIpc) is 2.89. The summed E-state index contributed by atoms with van der Waals surface area (Å²) in [6.07, 6.45) is 2.02. The molecule has 2 N–H and O–H groups in total. The smallest absolute Gasteiger partial charge is 0.184 e. The fourth-order valence-corrected chi connectivity index (χ4v) is 2.45. The molecule has 19 heavy (non-hydrogen) atoms. The van der Waals surface area contributed by atoms with E-state index in [-0.39, 0.29) is 6.04 Å². The van der Waals surface area contributed by atoms with E-state index in [2.05, 4.69) is 15.5 Å². The van der Waals surface area contributed by atoms with Crippen LogP contribution in [0.2, 0.25) is 5.02 Å². The summed E-state index contributed by atoms with van der Waals surface area (Å²) in [5.41, 5.74) is 7.35. The Balaban J connectivity index is 1.99. The predicted molar refractivity (Wildman–Crippen MR) is 71.8 cm³/mol. The number of nitrogen functional groups attached to an aromatic ring is 1. The Labute approximate surface area is 115 Å². The molecule has 7 heteroatoms. The molecule has 0 amide bonds. The topological polar surface area (TPSA) is 78.9 Å². The van der Waals surface area contributed by atoms with Crippen LogP contribution < -0.4 is 5.73 Å². The number of nitrogens with zero attached hydrogens (tertiary/aromatic N) is 4. The highest BCUT2D eigenvalue weighted by Gasteiger charge is 2.22. The van der Waals surface area contributed by atoms with Crippen molar-refractivity contribution in [1.29, 1.82) is 0 Å². The van der Waals surface area contributed by atoms with Gasteiger partial charge in [-0.15, -0.1) is 5.10 Å². The number of hydrogen-bond donors (Lipinski definition) is 1. The van der Waals surface area contributed by atoms with E-state index < -0.39 is 0 Å². The highest BCUT2D eigenvalue weighted by molar-refractivity contribution is 6.31. The van der Waals surface area contributed by atoms with Gasteiger partial charge < -0.3 is 10.5 Å². The second-order valence-electron chi connectivity index (χ2n) is 4.55. The van der Waals surface area contributed by atoms with Crippen LogP contribution in [-0.4, -0.2) is 33.4 Å². The van der Waals surface area contributed by atoms with E-state index in [1.165, 1.54) is 0 Å². The van der Waals surface area contributed by atoms with E-state index in [9.17, 15) is 0 Å². The van der Waals surface area contributed by atoms with E-state index >= 15 is 0 Å². The number of hydrogen-bond acceptors (Lipinski definition) is 5. The predicted octanol–water partition coefficient (Wildman–Crippen LogP) is 1.93. The second kappa shape index (κ2) is 5.14. The van der Waals surface area contributed by atoms with Gasteiger partial charge in [0, 0.05) is 22.9 Å². The van der Waals surface area contributed by atoms with Crippen LogP contribution in [-0.2, 0) is 4.74 Å². The fourth-order valence-electron chi connectivity index (χ4n) is 2.27. The molecule has 1 unspecified atom stereocenters. The summed E-state index contributed by atoms with van der Waals surface area (Å²) in [5, 5.41) is 12.5. The molecular formula is C12H14ClN5O. The number of anilines is 1. The molecule has 0 spiro atoms. The molecule has 0 aliphatic carbocycles. The molecule has 0 saturated carbocycles. The van der Waals surface area contributed by atoms with Gasteiger partial charge in [0.1, 0.15) is 0 Å². The summed E-state index contributed by atoms with van der Waals surface area (Å²) in [6, 6.07) is 5.48. The van der Waals surface area contributed by atoms with E-state index in [0.717, 1.165) is 25.0 Å². The summed E-state index contributed by atoms with van der Waals surface area (Å²) in [6.45, 7) is 1.43. The Hall–Kier alpha value is -1.66. The molecule has 1 atom stereocenters. The molecule has 1 saturated heterocycles. The summed E-state index contributed by atoms with van der Waals surface area (Å²) in [5.74, 6) is 0.657. The zero-order valence-corrected chi connectivity index (χ0v) is 11.0. The van der Waals surface area contributed by atoms with Gasteiger partial charge in [0.05, 0.1) is 12.6 Å². The van der Waals surface area contributed by atoms with Crippen molar-refractivity contribution in [3.63, 3.8) is 0 Å². The van der Waals surface area contributed by atoms with Gasteiger partial charge in [0.2, 0.25) is 0 Å². The molecule has 1 aromatic carbocycles. The van der Waals surface area contributed by atoms with Gasteiger partial charge in [0.25, 0.3) is 0 Å². The summed E-state index contributed by atoms with van der Waals surface area (Å²) in [7, 11) is 0. The van der Waals surface area contributed by atoms with Crippen LogP contribution in [0.25, 0.3) is 11.4 Å². The van der Waals surface area contributed by atoms with Crippen molar-refractivity contribution < 1.29 is 4.74 Å². The molecule has 1 aromatic heterocycles. The van der Waals surface area contributed by atoms with Gasteiger partial charge in [-0.2, -0.15) is 0 Å². The highest BCUT2D eigenvalue weighted by Crippen LogP contribution is 2.29. The lowest BCUT2D eigenvalue weighted by molar-refractivity contribution is 0.0548. The van der Waals surface area contributed by atoms with Gasteiger partial charge >= 0.3 is 0 Å². The zero-order chi connectivity index (χ0) is 13.2.